The van der Waals surface area contributed by atoms with Crippen LogP contribution in [0.1, 0.15) is 41.9 Å². The number of esters is 1. The van der Waals surface area contributed by atoms with Crippen molar-refractivity contribution in [1.82, 2.24) is 5.32 Å². The van der Waals surface area contributed by atoms with Crippen molar-refractivity contribution in [1.29, 1.82) is 0 Å². The summed E-state index contributed by atoms with van der Waals surface area (Å²) in [6.45, 7) is 4.22. The lowest BCUT2D eigenvalue weighted by Crippen LogP contribution is -2.46. The molecule has 0 amide bonds. The summed E-state index contributed by atoms with van der Waals surface area (Å²) in [4.78, 5) is 24.8. The van der Waals surface area contributed by atoms with Crippen molar-refractivity contribution in [2.24, 2.45) is 0 Å². The molecule has 2 aromatic carbocycles. The Morgan fingerprint density at radius 1 is 1.12 bits per heavy atom. The Labute approximate surface area is 246 Å². The van der Waals surface area contributed by atoms with Crippen LogP contribution in [-0.2, 0) is 25.3 Å². The third-order valence-corrected chi connectivity index (χ3v) is 10.2. The highest BCUT2D eigenvalue weighted by Gasteiger charge is 2.32. The van der Waals surface area contributed by atoms with Crippen LogP contribution in [0.4, 0.5) is 5.69 Å². The van der Waals surface area contributed by atoms with Gasteiger partial charge >= 0.3 is 11.9 Å². The fourth-order valence-corrected chi connectivity index (χ4v) is 8.31. The molecule has 9 nitrogen and oxygen atoms in total. The highest BCUT2D eigenvalue weighted by molar-refractivity contribution is 9.10. The number of hydrogen-bond donors (Lipinski definition) is 2. The molecule has 2 N–H and O–H groups in total. The van der Waals surface area contributed by atoms with Crippen LogP contribution in [0.15, 0.2) is 59.1 Å². The van der Waals surface area contributed by atoms with Crippen LogP contribution in [0.3, 0.4) is 0 Å². The summed E-state index contributed by atoms with van der Waals surface area (Å²) in [5.41, 5.74) is 1.86. The summed E-state index contributed by atoms with van der Waals surface area (Å²) in [6.07, 6.45) is 0.944. The van der Waals surface area contributed by atoms with E-state index in [9.17, 15) is 18.0 Å². The number of carboxylic acids is 1. The Morgan fingerprint density at radius 2 is 1.82 bits per heavy atom. The average Bonchev–Trinajstić information content (AvgIpc) is 3.24. The SMILES string of the molecule is CC(C)OC(=O)c1sc(-c2cccc(N(C3CCNCC3)S(=O)(=O)Cc3ccccc3)c2)c(Br)c1OCC(=O)O. The summed E-state index contributed by atoms with van der Waals surface area (Å²) in [5.74, 6) is -1.88. The number of nitrogens with one attached hydrogen (secondary N) is 1. The maximum Gasteiger partial charge on any atom is 0.352 e. The molecule has 2 heterocycles. The Morgan fingerprint density at radius 3 is 2.48 bits per heavy atom. The van der Waals surface area contributed by atoms with E-state index in [0.717, 1.165) is 11.3 Å². The van der Waals surface area contributed by atoms with E-state index in [1.54, 1.807) is 44.2 Å². The number of carbonyl (C=O) groups is 2. The Hall–Kier alpha value is -2.93. The molecule has 1 aliphatic rings. The van der Waals surface area contributed by atoms with Gasteiger partial charge in [-0.05, 0) is 79.0 Å². The quantitative estimate of drug-likeness (QED) is 0.268. The number of carbonyl (C=O) groups excluding carboxylic acids is 1. The van der Waals surface area contributed by atoms with Gasteiger partial charge in [0.25, 0.3) is 0 Å². The minimum Gasteiger partial charge on any atom is -0.479 e. The summed E-state index contributed by atoms with van der Waals surface area (Å²) in [5, 5.41) is 12.4. The highest BCUT2D eigenvalue weighted by atomic mass is 79.9. The van der Waals surface area contributed by atoms with E-state index in [2.05, 4.69) is 21.2 Å². The normalized spacial score (nSPS) is 14.2. The smallest absolute Gasteiger partial charge is 0.352 e. The van der Waals surface area contributed by atoms with Gasteiger partial charge < -0.3 is 19.9 Å². The maximum absolute atomic E-state index is 13.9. The molecular weight excluding hydrogens is 620 g/mol. The third kappa shape index (κ3) is 7.22. The molecule has 0 bridgehead atoms. The maximum atomic E-state index is 13.9. The van der Waals surface area contributed by atoms with Gasteiger partial charge in [0, 0.05) is 6.04 Å². The predicted octanol–water partition coefficient (Wildman–Crippen LogP) is 5.29. The van der Waals surface area contributed by atoms with Gasteiger partial charge in [0.05, 0.1) is 26.9 Å². The molecule has 0 radical (unpaired) electrons. The van der Waals surface area contributed by atoms with Gasteiger partial charge in [0.1, 0.15) is 0 Å². The van der Waals surface area contributed by atoms with Crippen LogP contribution in [0.25, 0.3) is 10.4 Å². The molecule has 0 unspecified atom stereocenters. The van der Waals surface area contributed by atoms with Crippen molar-refractivity contribution in [3.8, 4) is 16.2 Å². The fraction of sp³-hybridized carbons (Fsp3) is 0.357. The van der Waals surface area contributed by atoms with E-state index in [0.29, 0.717) is 52.1 Å². The average molecular weight is 652 g/mol. The van der Waals surface area contributed by atoms with E-state index in [-0.39, 0.29) is 28.5 Å². The Bertz CT molecular complexity index is 1450. The van der Waals surface area contributed by atoms with Crippen molar-refractivity contribution in [2.75, 3.05) is 24.0 Å². The number of benzene rings is 2. The molecule has 40 heavy (non-hydrogen) atoms. The molecule has 4 rings (SSSR count). The largest absolute Gasteiger partial charge is 0.479 e. The predicted molar refractivity (Wildman–Crippen MR) is 159 cm³/mol. The van der Waals surface area contributed by atoms with Gasteiger partial charge in [0.15, 0.2) is 17.2 Å². The van der Waals surface area contributed by atoms with Crippen LogP contribution in [-0.4, -0.2) is 57.3 Å². The van der Waals surface area contributed by atoms with E-state index in [1.165, 1.54) is 4.31 Å². The van der Waals surface area contributed by atoms with Crippen molar-refractivity contribution >= 4 is 54.9 Å². The van der Waals surface area contributed by atoms with E-state index >= 15 is 0 Å². The second-order valence-corrected chi connectivity index (χ2v) is 13.3. The van der Waals surface area contributed by atoms with Crippen molar-refractivity contribution in [3.05, 3.63) is 69.5 Å². The molecule has 1 saturated heterocycles. The Kier molecular flexibility index (Phi) is 9.88. The first-order chi connectivity index (χ1) is 19.1. The first-order valence-electron chi connectivity index (χ1n) is 12.8. The minimum absolute atomic E-state index is 0.0744. The number of ether oxygens (including phenoxy) is 2. The zero-order valence-corrected chi connectivity index (χ0v) is 25.4. The van der Waals surface area contributed by atoms with E-state index in [4.69, 9.17) is 14.6 Å². The third-order valence-electron chi connectivity index (χ3n) is 6.17. The molecule has 12 heteroatoms. The van der Waals surface area contributed by atoms with Gasteiger partial charge in [-0.25, -0.2) is 18.0 Å². The number of nitrogens with zero attached hydrogens (tertiary/aromatic N) is 1. The number of carboxylic acid groups (broad SMARTS) is 1. The fourth-order valence-electron chi connectivity index (χ4n) is 4.52. The molecule has 0 atom stereocenters. The summed E-state index contributed by atoms with van der Waals surface area (Å²) < 4.78 is 40.5. The molecule has 3 aromatic rings. The lowest BCUT2D eigenvalue weighted by molar-refractivity contribution is -0.139. The van der Waals surface area contributed by atoms with Gasteiger partial charge in [-0.1, -0.05) is 42.5 Å². The summed E-state index contributed by atoms with van der Waals surface area (Å²) >= 11 is 4.58. The first kappa shape index (κ1) is 30.0. The second-order valence-electron chi connectivity index (χ2n) is 9.61. The van der Waals surface area contributed by atoms with Gasteiger partial charge in [-0.2, -0.15) is 0 Å². The molecule has 0 aliphatic carbocycles. The number of hydrogen-bond acceptors (Lipinski definition) is 8. The molecule has 0 spiro atoms. The van der Waals surface area contributed by atoms with Crippen LogP contribution in [0, 0.1) is 0 Å². The standard InChI is InChI=1S/C28H31BrN2O7S2/c1-18(2)38-28(34)27-25(37-16-23(32)33)24(29)26(39-27)20-9-6-10-22(15-20)31(21-11-13-30-14-12-21)40(35,36)17-19-7-4-3-5-8-19/h3-10,15,18,21,30H,11-14,16-17H2,1-2H3,(H,32,33). The zero-order valence-electron chi connectivity index (χ0n) is 22.1. The lowest BCUT2D eigenvalue weighted by Gasteiger charge is -2.35. The van der Waals surface area contributed by atoms with Crippen LogP contribution < -0.4 is 14.4 Å². The molecule has 1 fully saturated rings. The lowest BCUT2D eigenvalue weighted by atomic mass is 10.1. The second kappa shape index (κ2) is 13.2. The Balaban J connectivity index is 1.77. The number of sulfonamides is 1. The molecule has 1 aromatic heterocycles. The number of thiophene rings is 1. The van der Waals surface area contributed by atoms with Crippen molar-refractivity contribution < 1.29 is 32.6 Å². The van der Waals surface area contributed by atoms with E-state index in [1.807, 2.05) is 24.3 Å². The molecular formula is C28H31BrN2O7S2. The molecule has 1 aliphatic heterocycles. The number of anilines is 1. The van der Waals surface area contributed by atoms with Crippen LogP contribution >= 0.6 is 27.3 Å². The number of piperidine rings is 1. The van der Waals surface area contributed by atoms with E-state index < -0.39 is 28.6 Å². The highest BCUT2D eigenvalue weighted by Crippen LogP contribution is 2.47. The number of rotatable bonds is 11. The zero-order chi connectivity index (χ0) is 28.9. The van der Waals surface area contributed by atoms with Gasteiger partial charge in [-0.15, -0.1) is 11.3 Å². The molecule has 214 valence electrons. The van der Waals surface area contributed by atoms with Gasteiger partial charge in [-0.3, -0.25) is 4.31 Å². The van der Waals surface area contributed by atoms with Crippen LogP contribution in [0.5, 0.6) is 5.75 Å². The summed E-state index contributed by atoms with van der Waals surface area (Å²) in [6, 6.07) is 16.0. The monoisotopic (exact) mass is 650 g/mol. The first-order valence-corrected chi connectivity index (χ1v) is 16.0. The number of halogens is 1. The summed E-state index contributed by atoms with van der Waals surface area (Å²) in [7, 11) is -3.75. The van der Waals surface area contributed by atoms with Gasteiger partial charge in [0.2, 0.25) is 10.0 Å². The van der Waals surface area contributed by atoms with Crippen molar-refractivity contribution in [2.45, 2.75) is 44.6 Å². The molecule has 0 saturated carbocycles. The number of aliphatic carboxylic acids is 1. The topological polar surface area (TPSA) is 122 Å². The minimum atomic E-state index is -3.75. The van der Waals surface area contributed by atoms with Crippen molar-refractivity contribution in [3.63, 3.8) is 0 Å². The van der Waals surface area contributed by atoms with Crippen LogP contribution in [0.2, 0.25) is 0 Å².